The van der Waals surface area contributed by atoms with Crippen molar-refractivity contribution in [3.8, 4) is 0 Å². The fourth-order valence-corrected chi connectivity index (χ4v) is 2.65. The average Bonchev–Trinajstić information content (AvgIpc) is 2.41. The van der Waals surface area contributed by atoms with E-state index >= 15 is 0 Å². The summed E-state index contributed by atoms with van der Waals surface area (Å²) < 4.78 is 13.3. The van der Waals surface area contributed by atoms with E-state index in [0.717, 1.165) is 24.6 Å². The second-order valence-corrected chi connectivity index (χ2v) is 5.25. The zero-order valence-electron chi connectivity index (χ0n) is 11.2. The maximum Gasteiger partial charge on any atom is 0.338 e. The van der Waals surface area contributed by atoms with E-state index in [1.165, 1.54) is 31.4 Å². The molecule has 0 spiro atoms. The first-order valence-electron chi connectivity index (χ1n) is 6.84. The first kappa shape index (κ1) is 14.0. The molecule has 0 aliphatic carbocycles. The summed E-state index contributed by atoms with van der Waals surface area (Å²) in [5.41, 5.74) is 0.634. The zero-order chi connectivity index (χ0) is 13.8. The molecule has 0 bridgehead atoms. The molecule has 19 heavy (non-hydrogen) atoms. The molecule has 1 aromatic carbocycles. The number of carboxylic acids is 1. The van der Waals surface area contributed by atoms with Gasteiger partial charge in [-0.25, -0.2) is 9.18 Å². The minimum atomic E-state index is -1.20. The van der Waals surface area contributed by atoms with Crippen molar-refractivity contribution in [3.63, 3.8) is 0 Å². The lowest BCUT2D eigenvalue weighted by Crippen LogP contribution is -2.33. The molecule has 1 heterocycles. The van der Waals surface area contributed by atoms with Crippen LogP contribution in [0.5, 0.6) is 0 Å². The van der Waals surface area contributed by atoms with Crippen molar-refractivity contribution < 1.29 is 14.3 Å². The van der Waals surface area contributed by atoms with E-state index < -0.39 is 11.8 Å². The Labute approximate surface area is 113 Å². The van der Waals surface area contributed by atoms with Crippen LogP contribution in [0.15, 0.2) is 18.2 Å². The number of aromatic carboxylic acids is 1. The average molecular weight is 265 g/mol. The summed E-state index contributed by atoms with van der Waals surface area (Å²) in [4.78, 5) is 13.2. The second kappa shape index (κ2) is 6.15. The molecule has 3 nitrogen and oxygen atoms in total. The Morgan fingerprint density at radius 2 is 2.11 bits per heavy atom. The Hall–Kier alpha value is -1.42. The van der Waals surface area contributed by atoms with Crippen LogP contribution in [0, 0.1) is 11.7 Å². The third kappa shape index (κ3) is 3.53. The molecule has 104 valence electrons. The Kier molecular flexibility index (Phi) is 4.53. The highest BCUT2D eigenvalue weighted by atomic mass is 19.1. The van der Waals surface area contributed by atoms with Crippen molar-refractivity contribution in [2.24, 2.45) is 5.92 Å². The molecule has 1 aromatic rings. The van der Waals surface area contributed by atoms with Gasteiger partial charge in [0.25, 0.3) is 0 Å². The van der Waals surface area contributed by atoms with Gasteiger partial charge in [0.05, 0.1) is 5.56 Å². The molecule has 0 radical (unpaired) electrons. The molecule has 0 atom stereocenters. The summed E-state index contributed by atoms with van der Waals surface area (Å²) in [6, 6.07) is 4.37. The largest absolute Gasteiger partial charge is 0.478 e. The number of likely N-dealkylation sites (tertiary alicyclic amines) is 1. The van der Waals surface area contributed by atoms with E-state index in [2.05, 4.69) is 11.8 Å². The first-order valence-corrected chi connectivity index (χ1v) is 6.84. The highest BCUT2D eigenvalue weighted by Crippen LogP contribution is 2.22. The lowest BCUT2D eigenvalue weighted by molar-refractivity contribution is 0.0691. The smallest absolute Gasteiger partial charge is 0.338 e. The summed E-state index contributed by atoms with van der Waals surface area (Å²) in [5, 5.41) is 8.91. The molecule has 0 saturated carbocycles. The van der Waals surface area contributed by atoms with Crippen LogP contribution in [0.25, 0.3) is 0 Å². The normalized spacial score (nSPS) is 17.6. The van der Waals surface area contributed by atoms with Crippen LogP contribution >= 0.6 is 0 Å². The van der Waals surface area contributed by atoms with Crippen molar-refractivity contribution in [2.45, 2.75) is 32.7 Å². The molecule has 1 N–H and O–H groups in total. The number of hydrogen-bond acceptors (Lipinski definition) is 2. The molecule has 4 heteroatoms. The highest BCUT2D eigenvalue weighted by Gasteiger charge is 2.18. The SMILES string of the molecule is CCC1CCN(Cc2ccc(F)c(C(=O)O)c2)CC1. The van der Waals surface area contributed by atoms with Gasteiger partial charge in [-0.15, -0.1) is 0 Å². The summed E-state index contributed by atoms with van der Waals surface area (Å²) >= 11 is 0. The van der Waals surface area contributed by atoms with Crippen LogP contribution in [-0.2, 0) is 6.54 Å². The van der Waals surface area contributed by atoms with Gasteiger partial charge in [-0.2, -0.15) is 0 Å². The van der Waals surface area contributed by atoms with Crippen molar-refractivity contribution in [2.75, 3.05) is 13.1 Å². The van der Waals surface area contributed by atoms with Gasteiger partial charge in [-0.1, -0.05) is 19.4 Å². The quantitative estimate of drug-likeness (QED) is 0.909. The lowest BCUT2D eigenvalue weighted by atomic mass is 9.94. The third-order valence-electron chi connectivity index (χ3n) is 3.95. The number of carbonyl (C=O) groups is 1. The maximum atomic E-state index is 13.3. The van der Waals surface area contributed by atoms with Crippen LogP contribution in [0.3, 0.4) is 0 Å². The van der Waals surface area contributed by atoms with Gasteiger partial charge in [0.1, 0.15) is 5.82 Å². The Morgan fingerprint density at radius 1 is 1.42 bits per heavy atom. The second-order valence-electron chi connectivity index (χ2n) is 5.25. The lowest BCUT2D eigenvalue weighted by Gasteiger charge is -2.31. The number of piperidine rings is 1. The van der Waals surface area contributed by atoms with Gasteiger partial charge in [0, 0.05) is 6.54 Å². The molecule has 0 amide bonds. The van der Waals surface area contributed by atoms with Crippen LogP contribution in [0.4, 0.5) is 4.39 Å². The number of hydrogen-bond donors (Lipinski definition) is 1. The van der Waals surface area contributed by atoms with Crippen LogP contribution in [-0.4, -0.2) is 29.1 Å². The molecule has 1 fully saturated rings. The van der Waals surface area contributed by atoms with E-state index in [1.807, 2.05) is 0 Å². The molecule has 1 aliphatic heterocycles. The van der Waals surface area contributed by atoms with E-state index in [4.69, 9.17) is 5.11 Å². The Balaban J connectivity index is 2.00. The number of halogens is 1. The molecular weight excluding hydrogens is 245 g/mol. The molecule has 1 aliphatic rings. The van der Waals surface area contributed by atoms with Crippen molar-refractivity contribution in [1.29, 1.82) is 0 Å². The van der Waals surface area contributed by atoms with Crippen LogP contribution in [0.2, 0.25) is 0 Å². The molecule has 0 unspecified atom stereocenters. The van der Waals surface area contributed by atoms with E-state index in [1.54, 1.807) is 6.07 Å². The van der Waals surface area contributed by atoms with Crippen molar-refractivity contribution in [1.82, 2.24) is 4.90 Å². The highest BCUT2D eigenvalue weighted by molar-refractivity contribution is 5.88. The number of nitrogens with zero attached hydrogens (tertiary/aromatic N) is 1. The topological polar surface area (TPSA) is 40.5 Å². The van der Waals surface area contributed by atoms with Gasteiger partial charge >= 0.3 is 5.97 Å². The fourth-order valence-electron chi connectivity index (χ4n) is 2.65. The number of rotatable bonds is 4. The summed E-state index contributed by atoms with van der Waals surface area (Å²) in [7, 11) is 0. The summed E-state index contributed by atoms with van der Waals surface area (Å²) in [6.07, 6.45) is 3.63. The molecule has 0 aromatic heterocycles. The summed E-state index contributed by atoms with van der Waals surface area (Å²) in [6.45, 7) is 5.01. The predicted octanol–water partition coefficient (Wildman–Crippen LogP) is 3.15. The minimum Gasteiger partial charge on any atom is -0.478 e. The van der Waals surface area contributed by atoms with Gasteiger partial charge in [-0.3, -0.25) is 4.90 Å². The van der Waals surface area contributed by atoms with Gasteiger partial charge in [-0.05, 0) is 49.5 Å². The van der Waals surface area contributed by atoms with E-state index in [9.17, 15) is 9.18 Å². The summed E-state index contributed by atoms with van der Waals surface area (Å²) in [5.74, 6) is -1.05. The van der Waals surface area contributed by atoms with E-state index in [0.29, 0.717) is 6.54 Å². The molecule has 1 saturated heterocycles. The zero-order valence-corrected chi connectivity index (χ0v) is 11.2. The first-order chi connectivity index (χ1) is 9.10. The predicted molar refractivity (Wildman–Crippen MR) is 71.7 cm³/mol. The Morgan fingerprint density at radius 3 is 2.68 bits per heavy atom. The van der Waals surface area contributed by atoms with E-state index in [-0.39, 0.29) is 5.56 Å². The van der Waals surface area contributed by atoms with Crippen molar-refractivity contribution >= 4 is 5.97 Å². The number of benzene rings is 1. The number of carboxylic acid groups (broad SMARTS) is 1. The molecular formula is C15H20FNO2. The van der Waals surface area contributed by atoms with Gasteiger partial charge in [0.2, 0.25) is 0 Å². The fraction of sp³-hybridized carbons (Fsp3) is 0.533. The van der Waals surface area contributed by atoms with Gasteiger partial charge < -0.3 is 5.11 Å². The maximum absolute atomic E-state index is 13.3. The Bertz CT molecular complexity index is 453. The molecule has 2 rings (SSSR count). The third-order valence-corrected chi connectivity index (χ3v) is 3.95. The van der Waals surface area contributed by atoms with Crippen LogP contribution < -0.4 is 0 Å². The van der Waals surface area contributed by atoms with Crippen molar-refractivity contribution in [3.05, 3.63) is 35.1 Å². The standard InChI is InChI=1S/C15H20FNO2/c1-2-11-5-7-17(8-6-11)10-12-3-4-14(16)13(9-12)15(18)19/h3-4,9,11H,2,5-8,10H2,1H3,(H,18,19). The van der Waals surface area contributed by atoms with Gasteiger partial charge in [0.15, 0.2) is 0 Å². The monoisotopic (exact) mass is 265 g/mol. The van der Waals surface area contributed by atoms with Crippen LogP contribution in [0.1, 0.15) is 42.1 Å². The minimum absolute atomic E-state index is 0.235.